The lowest BCUT2D eigenvalue weighted by Crippen LogP contribution is -2.79. The second-order valence-corrected chi connectivity index (χ2v) is 19.8. The van der Waals surface area contributed by atoms with Crippen LogP contribution in [0, 0.1) is 29.1 Å². The van der Waals surface area contributed by atoms with Gasteiger partial charge in [0.05, 0.1) is 23.3 Å². The molecular formula is C47H50N2O10. The van der Waals surface area contributed by atoms with Crippen LogP contribution in [0.25, 0.3) is 10.8 Å². The Labute approximate surface area is 341 Å². The van der Waals surface area contributed by atoms with Gasteiger partial charge in [-0.05, 0) is 135 Å². The highest BCUT2D eigenvalue weighted by Crippen LogP contribution is 2.72. The summed E-state index contributed by atoms with van der Waals surface area (Å²) < 4.78 is 14.2. The van der Waals surface area contributed by atoms with Crippen LogP contribution in [-0.2, 0) is 4.74 Å². The number of carbonyl (C=O) groups excluding carboxylic acids is 2. The molecule has 1 saturated heterocycles. The molecule has 59 heavy (non-hydrogen) atoms. The Morgan fingerprint density at radius 2 is 1.68 bits per heavy atom. The van der Waals surface area contributed by atoms with Gasteiger partial charge in [0.2, 0.25) is 5.78 Å². The van der Waals surface area contributed by atoms with Crippen LogP contribution in [0.2, 0.25) is 0 Å². The maximum Gasteiger partial charge on any atom is 0.260 e. The van der Waals surface area contributed by atoms with Crippen molar-refractivity contribution in [3.05, 3.63) is 81.1 Å². The number of aryl methyl sites for hydroxylation is 1. The predicted molar refractivity (Wildman–Crippen MR) is 213 cm³/mol. The lowest BCUT2D eigenvalue weighted by Gasteiger charge is -2.64. The number of nitrogens with zero attached hydrogens (tertiary/aromatic N) is 1. The molecule has 0 radical (unpaired) electrons. The minimum atomic E-state index is -2.27. The molecule has 12 nitrogen and oxygen atoms in total. The van der Waals surface area contributed by atoms with E-state index in [1.54, 1.807) is 37.4 Å². The maximum atomic E-state index is 14.8. The fraction of sp³-hybridized carbons (Fsp3) is 0.553. The minimum Gasteiger partial charge on any atom is -0.507 e. The Balaban J connectivity index is 1.17. The van der Waals surface area contributed by atoms with Crippen molar-refractivity contribution in [3.63, 3.8) is 0 Å². The average molecular weight is 803 g/mol. The van der Waals surface area contributed by atoms with E-state index in [9.17, 15) is 40.2 Å². The Morgan fingerprint density at radius 3 is 2.49 bits per heavy atom. The Kier molecular flexibility index (Phi) is 7.33. The number of benzene rings is 2. The van der Waals surface area contributed by atoms with Crippen LogP contribution in [0.15, 0.2) is 53.3 Å². The van der Waals surface area contributed by atoms with E-state index in [1.807, 2.05) is 0 Å². The summed E-state index contributed by atoms with van der Waals surface area (Å²) in [6, 6.07) is 6.19. The van der Waals surface area contributed by atoms with Gasteiger partial charge in [-0.1, -0.05) is 24.8 Å². The van der Waals surface area contributed by atoms with E-state index < -0.39 is 64.3 Å². The van der Waals surface area contributed by atoms with Gasteiger partial charge in [-0.15, -0.1) is 0 Å². The smallest absolute Gasteiger partial charge is 0.260 e. The quantitative estimate of drug-likeness (QED) is 0.125. The molecule has 5 spiro atoms. The zero-order chi connectivity index (χ0) is 40.6. The number of pyridine rings is 1. The number of hydrogen-bond donors (Lipinski definition) is 7. The molecule has 0 unspecified atom stereocenters. The number of aliphatic hydroxyl groups is 5. The summed E-state index contributed by atoms with van der Waals surface area (Å²) in [5.41, 5.74) is -0.919. The average Bonchev–Trinajstić information content (AvgIpc) is 3.94. The highest BCUT2D eigenvalue weighted by atomic mass is 16.7. The SMILES string of the molecule is Cc1cc(O)c2c(c1)C(=O)c1c(c3cc4c(nccc14)NC[C@H](O)[C@@]14CCC[C@H]1CCC1=C[C@@]5(O3)O[C@@]3(C1=C4C[C@@]1(CCC4(CCCC4)C1)[C@H]3O)[C@@H](O)[C@H](O)[C@H]5O)C2=O. The van der Waals surface area contributed by atoms with Crippen LogP contribution in [0.1, 0.15) is 121 Å². The maximum absolute atomic E-state index is 14.8. The number of aromatic nitrogens is 1. The van der Waals surface area contributed by atoms with Gasteiger partial charge in [-0.2, -0.15) is 0 Å². The highest BCUT2D eigenvalue weighted by molar-refractivity contribution is 6.34. The molecule has 0 amide bonds. The monoisotopic (exact) mass is 802 g/mol. The lowest BCUT2D eigenvalue weighted by atomic mass is 9.51. The van der Waals surface area contributed by atoms with Gasteiger partial charge in [0.15, 0.2) is 17.5 Å². The van der Waals surface area contributed by atoms with Gasteiger partial charge < -0.3 is 45.4 Å². The first-order valence-corrected chi connectivity index (χ1v) is 21.7. The van der Waals surface area contributed by atoms with Gasteiger partial charge in [-0.3, -0.25) is 9.59 Å². The number of ether oxygens (including phenoxy) is 2. The molecule has 308 valence electrons. The summed E-state index contributed by atoms with van der Waals surface area (Å²) in [4.78, 5) is 34.2. The van der Waals surface area contributed by atoms with Crippen molar-refractivity contribution < 1.29 is 49.7 Å². The van der Waals surface area contributed by atoms with Gasteiger partial charge in [0.25, 0.3) is 5.79 Å². The first-order chi connectivity index (χ1) is 28.3. The Morgan fingerprint density at radius 1 is 0.864 bits per heavy atom. The molecule has 13 rings (SSSR count). The first kappa shape index (κ1) is 36.7. The summed E-state index contributed by atoms with van der Waals surface area (Å²) in [5.74, 6) is -3.59. The second kappa shape index (κ2) is 11.8. The number of phenols is 1. The molecule has 10 aliphatic rings. The molecule has 3 saturated carbocycles. The van der Waals surface area contributed by atoms with E-state index in [0.29, 0.717) is 71.8 Å². The Hall–Kier alpha value is -4.17. The van der Waals surface area contributed by atoms with E-state index in [-0.39, 0.29) is 51.6 Å². The molecule has 4 fully saturated rings. The fourth-order valence-electron chi connectivity index (χ4n) is 14.6. The summed E-state index contributed by atoms with van der Waals surface area (Å²) in [6.07, 6.45) is 6.09. The summed E-state index contributed by atoms with van der Waals surface area (Å²) in [6.45, 7) is 1.82. The number of phenolic OH excluding ortho intramolecular Hbond substituents is 1. The molecule has 2 aromatic carbocycles. The topological polar surface area (TPSA) is 199 Å². The standard InChI is InChI=1S/C47H50N2O10/c1-22-15-27-32(29(50)16-22)37(53)34-30-17-26-25(33(34)36(27)52)8-14-48-41(26)49-20-31(51)45-11-4-5-24(45)7-6-23-18-46(58-30)39(55)38(54)40(56)47(59-46)35(23)28(45)19-44(42(47)57)13-12-43(21-44)9-2-3-10-43/h8,14-18,24,31,38-40,42,50-51,54-57H,2-7,9-13,19-21H2,1H3,(H,48,49)/t24-,31-,38+,39+,40-,42+,44+,45-,46+,47-/m0/s1. The largest absolute Gasteiger partial charge is 0.507 e. The summed E-state index contributed by atoms with van der Waals surface area (Å²) in [7, 11) is 0. The van der Waals surface area contributed by atoms with Gasteiger partial charge in [-0.25, -0.2) is 4.98 Å². The number of aromatic hydroxyl groups is 1. The highest BCUT2D eigenvalue weighted by Gasteiger charge is 2.75. The summed E-state index contributed by atoms with van der Waals surface area (Å²) >= 11 is 0. The third-order valence-electron chi connectivity index (χ3n) is 17.0. The Bertz CT molecular complexity index is 2510. The van der Waals surface area contributed by atoms with Crippen LogP contribution in [-0.4, -0.2) is 95.6 Å². The third kappa shape index (κ3) is 4.37. The number of anilines is 1. The van der Waals surface area contributed by atoms with Crippen molar-refractivity contribution in [3.8, 4) is 11.5 Å². The molecule has 8 bridgehead atoms. The summed E-state index contributed by atoms with van der Waals surface area (Å²) in [5, 5.41) is 78.8. The molecule has 10 atom stereocenters. The first-order valence-electron chi connectivity index (χ1n) is 21.7. The predicted octanol–water partition coefficient (Wildman–Crippen LogP) is 5.05. The van der Waals surface area contributed by atoms with Crippen LogP contribution in [0.4, 0.5) is 5.82 Å². The van der Waals surface area contributed by atoms with Gasteiger partial charge in [0, 0.05) is 40.1 Å². The number of hydrogen-bond acceptors (Lipinski definition) is 12. The molecule has 4 aliphatic heterocycles. The van der Waals surface area contributed by atoms with E-state index in [0.717, 1.165) is 50.5 Å². The van der Waals surface area contributed by atoms with Crippen molar-refractivity contribution in [2.75, 3.05) is 11.9 Å². The number of ketones is 2. The molecular weight excluding hydrogens is 753 g/mol. The van der Waals surface area contributed by atoms with Crippen molar-refractivity contribution in [1.82, 2.24) is 4.98 Å². The normalized spacial score (nSPS) is 39.9. The molecule has 6 aliphatic carbocycles. The van der Waals surface area contributed by atoms with E-state index >= 15 is 0 Å². The number of fused-ring (bicyclic) bond motifs is 5. The fourth-order valence-corrected chi connectivity index (χ4v) is 14.6. The van der Waals surface area contributed by atoms with Crippen molar-refractivity contribution in [1.29, 1.82) is 0 Å². The minimum absolute atomic E-state index is 0.0130. The second-order valence-electron chi connectivity index (χ2n) is 19.8. The number of rotatable bonds is 0. The number of carbonyl (C=O) groups is 2. The van der Waals surface area contributed by atoms with E-state index in [4.69, 9.17) is 14.5 Å². The van der Waals surface area contributed by atoms with Crippen LogP contribution >= 0.6 is 0 Å². The molecule has 5 heterocycles. The molecule has 7 N–H and O–H groups in total. The van der Waals surface area contributed by atoms with Crippen LogP contribution < -0.4 is 10.1 Å². The van der Waals surface area contributed by atoms with E-state index in [1.165, 1.54) is 6.07 Å². The van der Waals surface area contributed by atoms with Gasteiger partial charge >= 0.3 is 0 Å². The lowest BCUT2D eigenvalue weighted by molar-refractivity contribution is -0.368. The van der Waals surface area contributed by atoms with Crippen molar-refractivity contribution >= 4 is 28.2 Å². The van der Waals surface area contributed by atoms with Crippen LogP contribution in [0.3, 0.4) is 0 Å². The van der Waals surface area contributed by atoms with Crippen LogP contribution in [0.5, 0.6) is 11.5 Å². The third-order valence-corrected chi connectivity index (χ3v) is 17.0. The zero-order valence-electron chi connectivity index (χ0n) is 33.1. The number of aliphatic hydroxyl groups excluding tert-OH is 5. The number of nitrogens with one attached hydrogen (secondary N) is 1. The molecule has 12 heteroatoms. The van der Waals surface area contributed by atoms with Crippen molar-refractivity contribution in [2.45, 2.75) is 132 Å². The van der Waals surface area contributed by atoms with Gasteiger partial charge in [0.1, 0.15) is 29.5 Å². The molecule has 3 aromatic rings. The van der Waals surface area contributed by atoms with Crippen molar-refractivity contribution in [2.24, 2.45) is 22.2 Å². The van der Waals surface area contributed by atoms with E-state index in [2.05, 4.69) is 5.32 Å². The molecule has 1 aromatic heterocycles. The zero-order valence-corrected chi connectivity index (χ0v) is 33.1.